The predicted molar refractivity (Wildman–Crippen MR) is 89.7 cm³/mol. The lowest BCUT2D eigenvalue weighted by molar-refractivity contribution is -0.891. The number of furan rings is 1. The molecule has 0 fully saturated rings. The molecular formula is C16H22N3OS+. The molecular weight excluding hydrogens is 282 g/mol. The van der Waals surface area contributed by atoms with Crippen LogP contribution in [-0.2, 0) is 0 Å². The van der Waals surface area contributed by atoms with Crippen LogP contribution >= 0.6 is 12.2 Å². The van der Waals surface area contributed by atoms with Crippen LogP contribution in [-0.4, -0.2) is 25.8 Å². The third-order valence-electron chi connectivity index (χ3n) is 3.33. The van der Waals surface area contributed by atoms with Crippen LogP contribution in [0.2, 0.25) is 0 Å². The third-order valence-corrected chi connectivity index (χ3v) is 3.57. The molecule has 0 saturated heterocycles. The van der Waals surface area contributed by atoms with Gasteiger partial charge < -0.3 is 20.0 Å². The Morgan fingerprint density at radius 3 is 2.71 bits per heavy atom. The summed E-state index contributed by atoms with van der Waals surface area (Å²) < 4.78 is 5.50. The van der Waals surface area contributed by atoms with Gasteiger partial charge in [0.1, 0.15) is 0 Å². The van der Waals surface area contributed by atoms with Crippen LogP contribution < -0.4 is 15.5 Å². The van der Waals surface area contributed by atoms with Crippen LogP contribution in [0.25, 0.3) is 0 Å². The quantitative estimate of drug-likeness (QED) is 0.736. The van der Waals surface area contributed by atoms with Crippen LogP contribution in [0, 0.1) is 6.92 Å². The van der Waals surface area contributed by atoms with Gasteiger partial charge >= 0.3 is 0 Å². The maximum Gasteiger partial charge on any atom is 0.171 e. The lowest BCUT2D eigenvalue weighted by Crippen LogP contribution is -3.07. The van der Waals surface area contributed by atoms with E-state index >= 15 is 0 Å². The molecule has 1 heterocycles. The van der Waals surface area contributed by atoms with Crippen molar-refractivity contribution >= 4 is 23.0 Å². The van der Waals surface area contributed by atoms with Crippen molar-refractivity contribution < 1.29 is 9.32 Å². The van der Waals surface area contributed by atoms with Gasteiger partial charge in [0.2, 0.25) is 0 Å². The van der Waals surface area contributed by atoms with Crippen molar-refractivity contribution in [1.29, 1.82) is 0 Å². The molecule has 1 aromatic heterocycles. The fourth-order valence-corrected chi connectivity index (χ4v) is 2.37. The van der Waals surface area contributed by atoms with Crippen molar-refractivity contribution in [2.75, 3.05) is 26.0 Å². The van der Waals surface area contributed by atoms with Gasteiger partial charge in [0, 0.05) is 5.69 Å². The predicted octanol–water partition coefficient (Wildman–Crippen LogP) is 1.76. The first-order valence-corrected chi connectivity index (χ1v) is 7.42. The molecule has 0 bridgehead atoms. The van der Waals surface area contributed by atoms with Gasteiger partial charge in [-0.05, 0) is 49.0 Å². The maximum atomic E-state index is 5.50. The molecule has 2 rings (SSSR count). The Bertz CT molecular complexity index is 581. The second-order valence-electron chi connectivity index (χ2n) is 5.35. The van der Waals surface area contributed by atoms with E-state index in [2.05, 4.69) is 43.8 Å². The van der Waals surface area contributed by atoms with E-state index in [4.69, 9.17) is 16.6 Å². The zero-order valence-corrected chi connectivity index (χ0v) is 13.5. The average molecular weight is 304 g/mol. The Hall–Kier alpha value is -1.85. The Labute approximate surface area is 131 Å². The fraction of sp³-hybridized carbons (Fsp3) is 0.312. The highest BCUT2D eigenvalue weighted by Crippen LogP contribution is 2.10. The van der Waals surface area contributed by atoms with E-state index in [1.54, 1.807) is 6.26 Å². The fourth-order valence-electron chi connectivity index (χ4n) is 2.17. The Morgan fingerprint density at radius 1 is 1.29 bits per heavy atom. The number of benzene rings is 1. The molecule has 0 spiro atoms. The number of anilines is 1. The lowest BCUT2D eigenvalue weighted by atomic mass is 10.2. The van der Waals surface area contributed by atoms with Crippen LogP contribution in [0.5, 0.6) is 0 Å². The van der Waals surface area contributed by atoms with Crippen molar-refractivity contribution in [2.24, 2.45) is 0 Å². The minimum atomic E-state index is 0.220. The molecule has 1 atom stereocenters. The van der Waals surface area contributed by atoms with Gasteiger partial charge in [-0.3, -0.25) is 0 Å². The van der Waals surface area contributed by atoms with Gasteiger partial charge in [0.05, 0.1) is 26.9 Å². The highest BCUT2D eigenvalue weighted by Gasteiger charge is 2.20. The zero-order valence-electron chi connectivity index (χ0n) is 12.6. The molecule has 0 saturated carbocycles. The maximum absolute atomic E-state index is 5.50. The van der Waals surface area contributed by atoms with Gasteiger partial charge in [-0.15, -0.1) is 0 Å². The molecule has 5 heteroatoms. The summed E-state index contributed by atoms with van der Waals surface area (Å²) in [5.41, 5.74) is 2.20. The summed E-state index contributed by atoms with van der Waals surface area (Å²) in [6, 6.07) is 12.3. The molecule has 112 valence electrons. The minimum Gasteiger partial charge on any atom is -0.463 e. The van der Waals surface area contributed by atoms with Crippen LogP contribution in [0.4, 0.5) is 5.69 Å². The molecule has 0 radical (unpaired) electrons. The molecule has 1 aromatic carbocycles. The van der Waals surface area contributed by atoms with Crippen molar-refractivity contribution in [1.82, 2.24) is 5.32 Å². The Morgan fingerprint density at radius 2 is 2.10 bits per heavy atom. The lowest BCUT2D eigenvalue weighted by Gasteiger charge is -2.20. The summed E-state index contributed by atoms with van der Waals surface area (Å²) in [5.74, 6) is 0.959. The summed E-state index contributed by atoms with van der Waals surface area (Å²) in [4.78, 5) is 1.29. The summed E-state index contributed by atoms with van der Waals surface area (Å²) in [7, 11) is 4.21. The van der Waals surface area contributed by atoms with Gasteiger partial charge in [-0.2, -0.15) is 0 Å². The minimum absolute atomic E-state index is 0.220. The zero-order chi connectivity index (χ0) is 15.2. The molecule has 0 amide bonds. The Balaban J connectivity index is 1.90. The normalized spacial score (nSPS) is 12.2. The number of thiocarbonyl (C=S) groups is 1. The van der Waals surface area contributed by atoms with E-state index in [0.29, 0.717) is 11.7 Å². The van der Waals surface area contributed by atoms with Crippen molar-refractivity contribution in [3.05, 3.63) is 54.0 Å². The monoisotopic (exact) mass is 304 g/mol. The molecule has 0 aliphatic rings. The van der Waals surface area contributed by atoms with Gasteiger partial charge in [0.25, 0.3) is 0 Å². The molecule has 0 aliphatic carbocycles. The first-order chi connectivity index (χ1) is 10.1. The Kier molecular flexibility index (Phi) is 5.36. The number of nitrogens with one attached hydrogen (secondary N) is 3. The van der Waals surface area contributed by atoms with E-state index < -0.39 is 0 Å². The summed E-state index contributed by atoms with van der Waals surface area (Å²) in [6.07, 6.45) is 1.70. The number of quaternary nitrogens is 1. The number of hydrogen-bond donors (Lipinski definition) is 3. The largest absolute Gasteiger partial charge is 0.463 e. The number of aryl methyl sites for hydroxylation is 1. The highest BCUT2D eigenvalue weighted by atomic mass is 32.1. The van der Waals surface area contributed by atoms with E-state index in [1.807, 2.05) is 24.3 Å². The van der Waals surface area contributed by atoms with Gasteiger partial charge in [-0.1, -0.05) is 12.1 Å². The molecule has 2 aromatic rings. The van der Waals surface area contributed by atoms with Crippen molar-refractivity contribution in [3.8, 4) is 0 Å². The molecule has 0 aliphatic heterocycles. The van der Waals surface area contributed by atoms with Gasteiger partial charge in [0.15, 0.2) is 16.9 Å². The first-order valence-electron chi connectivity index (χ1n) is 7.01. The second-order valence-corrected chi connectivity index (χ2v) is 5.76. The first kappa shape index (κ1) is 15.5. The number of hydrogen-bond acceptors (Lipinski definition) is 2. The summed E-state index contributed by atoms with van der Waals surface area (Å²) in [5, 5.41) is 7.09. The van der Waals surface area contributed by atoms with E-state index in [1.165, 1.54) is 10.5 Å². The summed E-state index contributed by atoms with van der Waals surface area (Å²) >= 11 is 5.35. The van der Waals surface area contributed by atoms with E-state index in [-0.39, 0.29) is 6.04 Å². The van der Waals surface area contributed by atoms with Gasteiger partial charge in [-0.25, -0.2) is 0 Å². The molecule has 21 heavy (non-hydrogen) atoms. The number of rotatable bonds is 5. The molecule has 0 unspecified atom stereocenters. The van der Waals surface area contributed by atoms with E-state index in [9.17, 15) is 0 Å². The highest BCUT2D eigenvalue weighted by molar-refractivity contribution is 7.80. The van der Waals surface area contributed by atoms with E-state index in [0.717, 1.165) is 11.4 Å². The smallest absolute Gasteiger partial charge is 0.171 e. The van der Waals surface area contributed by atoms with Crippen LogP contribution in [0.15, 0.2) is 47.1 Å². The van der Waals surface area contributed by atoms with Crippen LogP contribution in [0.3, 0.4) is 0 Å². The van der Waals surface area contributed by atoms with Crippen molar-refractivity contribution in [2.45, 2.75) is 13.0 Å². The molecule has 3 N–H and O–H groups in total. The summed E-state index contributed by atoms with van der Waals surface area (Å²) in [6.45, 7) is 2.78. The second kappa shape index (κ2) is 7.24. The van der Waals surface area contributed by atoms with Crippen molar-refractivity contribution in [3.63, 3.8) is 0 Å². The average Bonchev–Trinajstić information content (AvgIpc) is 2.92. The number of likely N-dealkylation sites (N-methyl/N-ethyl adjacent to an activating group) is 1. The standard InChI is InChI=1S/C16H21N3OS/c1-12-6-4-7-13(10-12)18-16(21)17-11-14(19(2)3)15-8-5-9-20-15/h4-10,14H,11H2,1-3H3,(H2,17,18,21)/p+1/t14-/m1/s1. The topological polar surface area (TPSA) is 41.6 Å². The molecule has 4 nitrogen and oxygen atoms in total. The third kappa shape index (κ3) is 4.58. The van der Waals surface area contributed by atoms with Crippen LogP contribution in [0.1, 0.15) is 17.4 Å². The SMILES string of the molecule is Cc1cccc(NC(=S)NC[C@H](c2ccco2)[NH+](C)C)c1.